The number of hydrogen-bond acceptors (Lipinski definition) is 3. The van der Waals surface area contributed by atoms with Gasteiger partial charge in [0.25, 0.3) is 5.91 Å². The van der Waals surface area contributed by atoms with E-state index in [1.165, 1.54) is 11.3 Å². The van der Waals surface area contributed by atoms with Crippen LogP contribution < -0.4 is 9.54 Å². The average molecular weight is 402 g/mol. The van der Waals surface area contributed by atoms with E-state index in [0.717, 1.165) is 10.2 Å². The van der Waals surface area contributed by atoms with Crippen molar-refractivity contribution in [3.8, 4) is 5.75 Å². The minimum atomic E-state index is -0.394. The summed E-state index contributed by atoms with van der Waals surface area (Å²) >= 11 is 19.4. The topological polar surface area (TPSA) is 43.6 Å². The van der Waals surface area contributed by atoms with E-state index in [1.807, 2.05) is 0 Å². The highest BCUT2D eigenvalue weighted by atomic mass is 35.5. The highest BCUT2D eigenvalue weighted by molar-refractivity contribution is 7.16. The van der Waals surface area contributed by atoms with Crippen molar-refractivity contribution in [3.05, 3.63) is 56.3 Å². The number of thiazole rings is 1. The predicted molar refractivity (Wildman–Crippen MR) is 98.3 cm³/mol. The molecule has 0 aliphatic carbocycles. The smallest absolute Gasteiger partial charge is 0.286 e. The minimum absolute atomic E-state index is 0.162. The van der Waals surface area contributed by atoms with Gasteiger partial charge in [-0.2, -0.15) is 4.99 Å². The van der Waals surface area contributed by atoms with Crippen LogP contribution >= 0.6 is 46.1 Å². The Balaban J connectivity index is 1.84. The van der Waals surface area contributed by atoms with Gasteiger partial charge in [0.05, 0.1) is 15.2 Å². The molecule has 0 radical (unpaired) electrons. The van der Waals surface area contributed by atoms with Gasteiger partial charge in [-0.25, -0.2) is 0 Å². The molecule has 0 N–H and O–H groups in total. The lowest BCUT2D eigenvalue weighted by atomic mass is 10.3. The zero-order chi connectivity index (χ0) is 17.3. The van der Waals surface area contributed by atoms with Gasteiger partial charge in [0.15, 0.2) is 11.4 Å². The Kier molecular flexibility index (Phi) is 5.15. The summed E-state index contributed by atoms with van der Waals surface area (Å²) in [7, 11) is 1.80. The van der Waals surface area contributed by atoms with Crippen LogP contribution in [0.1, 0.15) is 0 Å². The summed E-state index contributed by atoms with van der Waals surface area (Å²) in [4.78, 5) is 16.7. The lowest BCUT2D eigenvalue weighted by Crippen LogP contribution is -2.17. The van der Waals surface area contributed by atoms with E-state index in [2.05, 4.69) is 4.99 Å². The van der Waals surface area contributed by atoms with Gasteiger partial charge in [-0.1, -0.05) is 46.1 Å². The summed E-state index contributed by atoms with van der Waals surface area (Å²) in [6, 6.07) is 10.2. The van der Waals surface area contributed by atoms with Crippen molar-refractivity contribution in [2.45, 2.75) is 0 Å². The number of rotatable bonds is 3. The van der Waals surface area contributed by atoms with Crippen LogP contribution in [0.15, 0.2) is 41.4 Å². The normalized spacial score (nSPS) is 11.9. The molecule has 0 fully saturated rings. The van der Waals surface area contributed by atoms with Crippen molar-refractivity contribution in [1.29, 1.82) is 0 Å². The van der Waals surface area contributed by atoms with Crippen molar-refractivity contribution in [3.63, 3.8) is 0 Å². The second-order valence-corrected chi connectivity index (χ2v) is 7.22. The first-order chi connectivity index (χ1) is 11.4. The van der Waals surface area contributed by atoms with Gasteiger partial charge in [-0.05, 0) is 36.4 Å². The van der Waals surface area contributed by atoms with Crippen LogP contribution in [-0.2, 0) is 11.8 Å². The molecule has 8 heteroatoms. The highest BCUT2D eigenvalue weighted by Gasteiger charge is 2.10. The SMILES string of the molecule is Cn1c(=NC(=O)COc2ccc(Cl)cc2)sc2cc(Cl)cc(Cl)c21. The number of amides is 1. The van der Waals surface area contributed by atoms with Gasteiger partial charge in [-0.15, -0.1) is 0 Å². The zero-order valence-corrected chi connectivity index (χ0v) is 15.5. The van der Waals surface area contributed by atoms with Gasteiger partial charge in [0.1, 0.15) is 5.75 Å². The number of aromatic nitrogens is 1. The Hall–Kier alpha value is -1.53. The molecule has 0 aliphatic heterocycles. The first-order valence-corrected chi connectivity index (χ1v) is 8.79. The van der Waals surface area contributed by atoms with Gasteiger partial charge in [0, 0.05) is 17.1 Å². The van der Waals surface area contributed by atoms with Crippen molar-refractivity contribution in [1.82, 2.24) is 4.57 Å². The van der Waals surface area contributed by atoms with Crippen LogP contribution in [0.5, 0.6) is 5.75 Å². The molecule has 4 nitrogen and oxygen atoms in total. The molecule has 0 bridgehead atoms. The van der Waals surface area contributed by atoms with Gasteiger partial charge in [0.2, 0.25) is 0 Å². The lowest BCUT2D eigenvalue weighted by Gasteiger charge is -2.02. The third-order valence-electron chi connectivity index (χ3n) is 3.21. The highest BCUT2D eigenvalue weighted by Crippen LogP contribution is 2.29. The Morgan fingerprint density at radius 1 is 1.17 bits per heavy atom. The molecule has 3 rings (SSSR count). The monoisotopic (exact) mass is 400 g/mol. The van der Waals surface area contributed by atoms with Crippen molar-refractivity contribution >= 4 is 62.3 Å². The molecule has 0 saturated carbocycles. The Morgan fingerprint density at radius 2 is 1.88 bits per heavy atom. The van der Waals surface area contributed by atoms with Crippen molar-refractivity contribution < 1.29 is 9.53 Å². The number of benzene rings is 2. The Morgan fingerprint density at radius 3 is 2.58 bits per heavy atom. The number of ether oxygens (including phenoxy) is 1. The fourth-order valence-corrected chi connectivity index (χ4v) is 4.09. The number of fused-ring (bicyclic) bond motifs is 1. The third-order valence-corrected chi connectivity index (χ3v) is 5.05. The maximum absolute atomic E-state index is 12.1. The number of hydrogen-bond donors (Lipinski definition) is 0. The van der Waals surface area contributed by atoms with E-state index in [9.17, 15) is 4.79 Å². The lowest BCUT2D eigenvalue weighted by molar-refractivity contribution is -0.120. The number of halogens is 3. The molecule has 0 saturated heterocycles. The molecular weight excluding hydrogens is 391 g/mol. The van der Waals surface area contributed by atoms with E-state index in [0.29, 0.717) is 25.6 Å². The number of nitrogens with zero attached hydrogens (tertiary/aromatic N) is 2. The molecule has 0 unspecified atom stereocenters. The predicted octanol–water partition coefficient (Wildman–Crippen LogP) is 4.71. The molecule has 1 amide bonds. The van der Waals surface area contributed by atoms with Gasteiger partial charge >= 0.3 is 0 Å². The summed E-state index contributed by atoms with van der Waals surface area (Å²) in [5.41, 5.74) is 0.788. The van der Waals surface area contributed by atoms with Crippen LogP contribution in [0, 0.1) is 0 Å². The second-order valence-electron chi connectivity index (χ2n) is 4.93. The summed E-state index contributed by atoms with van der Waals surface area (Å²) in [6.45, 7) is -0.162. The number of carbonyl (C=O) groups excluding carboxylic acids is 1. The summed E-state index contributed by atoms with van der Waals surface area (Å²) in [5, 5.41) is 1.66. The van der Waals surface area contributed by atoms with Crippen LogP contribution in [-0.4, -0.2) is 17.1 Å². The molecule has 0 spiro atoms. The molecule has 0 atom stereocenters. The molecule has 2 aromatic carbocycles. The Labute approximate surface area is 156 Å². The summed E-state index contributed by atoms with van der Waals surface area (Å²) in [6.07, 6.45) is 0. The van der Waals surface area contributed by atoms with E-state index < -0.39 is 5.91 Å². The van der Waals surface area contributed by atoms with Crippen LogP contribution in [0.2, 0.25) is 15.1 Å². The van der Waals surface area contributed by atoms with Crippen molar-refractivity contribution in [2.75, 3.05) is 6.61 Å². The van der Waals surface area contributed by atoms with Crippen LogP contribution in [0.4, 0.5) is 0 Å². The Bertz CT molecular complexity index is 977. The van der Waals surface area contributed by atoms with Gasteiger partial charge in [-0.3, -0.25) is 4.79 Å². The maximum Gasteiger partial charge on any atom is 0.286 e. The zero-order valence-electron chi connectivity index (χ0n) is 12.4. The maximum atomic E-state index is 12.1. The van der Waals surface area contributed by atoms with Gasteiger partial charge < -0.3 is 9.30 Å². The van der Waals surface area contributed by atoms with E-state index in [-0.39, 0.29) is 6.61 Å². The van der Waals surface area contributed by atoms with Crippen molar-refractivity contribution in [2.24, 2.45) is 12.0 Å². The first kappa shape index (κ1) is 17.3. The largest absolute Gasteiger partial charge is 0.484 e. The fraction of sp³-hybridized carbons (Fsp3) is 0.125. The molecule has 1 heterocycles. The first-order valence-electron chi connectivity index (χ1n) is 6.84. The molecule has 24 heavy (non-hydrogen) atoms. The fourth-order valence-electron chi connectivity index (χ4n) is 2.12. The van der Waals surface area contributed by atoms with Crippen LogP contribution in [0.3, 0.4) is 0 Å². The summed E-state index contributed by atoms with van der Waals surface area (Å²) < 4.78 is 8.02. The van der Waals surface area contributed by atoms with E-state index >= 15 is 0 Å². The number of aryl methyl sites for hydroxylation is 1. The minimum Gasteiger partial charge on any atom is -0.484 e. The quantitative estimate of drug-likeness (QED) is 0.638. The van der Waals surface area contributed by atoms with Crippen LogP contribution in [0.25, 0.3) is 10.2 Å². The molecular formula is C16H11Cl3N2O2S. The average Bonchev–Trinajstić information content (AvgIpc) is 2.82. The number of carbonyl (C=O) groups is 1. The molecule has 1 aromatic heterocycles. The third kappa shape index (κ3) is 3.75. The standard InChI is InChI=1S/C16H11Cl3N2O2S/c1-21-15-12(19)6-10(18)7-13(15)24-16(21)20-14(22)8-23-11-4-2-9(17)3-5-11/h2-7H,8H2,1H3. The molecule has 3 aromatic rings. The summed E-state index contributed by atoms with van der Waals surface area (Å²) in [5.74, 6) is 0.160. The second kappa shape index (κ2) is 7.15. The molecule has 124 valence electrons. The molecule has 0 aliphatic rings. The van der Waals surface area contributed by atoms with E-state index in [4.69, 9.17) is 39.5 Å². The van der Waals surface area contributed by atoms with E-state index in [1.54, 1.807) is 48.0 Å².